The Balaban J connectivity index is 2.32. The number of nitrogens with one attached hydrogen (secondary N) is 1. The molecule has 1 heterocycles. The monoisotopic (exact) mass is 310 g/mol. The third kappa shape index (κ3) is 3.07. The minimum atomic E-state index is -1.12. The van der Waals surface area contributed by atoms with Crippen LogP contribution in [0.25, 0.3) is 0 Å². The van der Waals surface area contributed by atoms with E-state index in [0.717, 1.165) is 4.90 Å². The summed E-state index contributed by atoms with van der Waals surface area (Å²) in [4.78, 5) is 37.4. The Morgan fingerprint density at radius 3 is 2.48 bits per heavy atom. The topological polar surface area (TPSA) is 66.5 Å². The molecule has 0 aliphatic carbocycles. The van der Waals surface area contributed by atoms with Crippen molar-refractivity contribution in [2.45, 2.75) is 18.9 Å². The molecule has 2 unspecified atom stereocenters. The normalized spacial score (nSPS) is 20.4. The van der Waals surface area contributed by atoms with E-state index in [1.165, 1.54) is 36.0 Å². The summed E-state index contributed by atoms with van der Waals surface area (Å²) in [5.74, 6) is -2.25. The summed E-state index contributed by atoms with van der Waals surface area (Å²) >= 11 is 1.50. The van der Waals surface area contributed by atoms with Crippen LogP contribution in [0.3, 0.4) is 0 Å². The van der Waals surface area contributed by atoms with Gasteiger partial charge in [-0.05, 0) is 30.9 Å². The quantitative estimate of drug-likeness (QED) is 0.860. The van der Waals surface area contributed by atoms with Crippen LogP contribution in [0.1, 0.15) is 18.4 Å². The van der Waals surface area contributed by atoms with Crippen LogP contribution in [0.15, 0.2) is 24.3 Å². The van der Waals surface area contributed by atoms with Gasteiger partial charge in [-0.2, -0.15) is 11.8 Å². The average Bonchev–Trinajstić information content (AvgIpc) is 2.40. The lowest BCUT2D eigenvalue weighted by atomic mass is 9.94. The molecular formula is C14H15FN2O3S. The molecular weight excluding hydrogens is 295 g/mol. The van der Waals surface area contributed by atoms with E-state index in [-0.39, 0.29) is 6.04 Å². The number of barbiturate groups is 1. The molecule has 1 aliphatic rings. The number of hydrogen-bond acceptors (Lipinski definition) is 4. The molecule has 5 nitrogen and oxygen atoms in total. The summed E-state index contributed by atoms with van der Waals surface area (Å²) < 4.78 is 13.0. The standard InChI is InChI=1S/C14H15FN2O3S/c1-8(7-21-2)17-13(19)11(12(18)16-14(17)20)9-3-5-10(15)6-4-9/h3-6,8,11H,7H2,1-2H3,(H,16,18,20). The summed E-state index contributed by atoms with van der Waals surface area (Å²) in [5.41, 5.74) is 0.368. The fraction of sp³-hybridized carbons (Fsp3) is 0.357. The first-order valence-electron chi connectivity index (χ1n) is 6.38. The second-order valence-electron chi connectivity index (χ2n) is 4.79. The average molecular weight is 310 g/mol. The number of amides is 4. The van der Waals surface area contributed by atoms with E-state index >= 15 is 0 Å². The van der Waals surface area contributed by atoms with Crippen LogP contribution in [-0.2, 0) is 9.59 Å². The van der Waals surface area contributed by atoms with Gasteiger partial charge in [-0.15, -0.1) is 0 Å². The van der Waals surface area contributed by atoms with Crippen LogP contribution in [0.4, 0.5) is 9.18 Å². The molecule has 2 atom stereocenters. The first-order chi connectivity index (χ1) is 9.95. The number of carbonyl (C=O) groups is 3. The molecule has 112 valence electrons. The third-order valence-electron chi connectivity index (χ3n) is 3.25. The van der Waals surface area contributed by atoms with Gasteiger partial charge in [0.15, 0.2) is 0 Å². The zero-order valence-corrected chi connectivity index (χ0v) is 12.4. The molecule has 1 N–H and O–H groups in total. The first kappa shape index (κ1) is 15.5. The Kier molecular flexibility index (Phi) is 4.62. The SMILES string of the molecule is CSCC(C)N1C(=O)NC(=O)C(c2ccc(F)cc2)C1=O. The highest BCUT2D eigenvalue weighted by Crippen LogP contribution is 2.24. The maximum Gasteiger partial charge on any atom is 0.331 e. The largest absolute Gasteiger partial charge is 0.331 e. The molecule has 7 heteroatoms. The highest BCUT2D eigenvalue weighted by molar-refractivity contribution is 7.98. The van der Waals surface area contributed by atoms with Crippen molar-refractivity contribution < 1.29 is 18.8 Å². The van der Waals surface area contributed by atoms with E-state index in [1.54, 1.807) is 6.92 Å². The van der Waals surface area contributed by atoms with Crippen LogP contribution >= 0.6 is 11.8 Å². The molecule has 1 aromatic rings. The number of nitrogens with zero attached hydrogens (tertiary/aromatic N) is 1. The molecule has 0 bridgehead atoms. The van der Waals surface area contributed by atoms with Crippen molar-refractivity contribution in [2.75, 3.05) is 12.0 Å². The number of rotatable bonds is 4. The molecule has 4 amide bonds. The predicted molar refractivity (Wildman–Crippen MR) is 77.4 cm³/mol. The molecule has 0 aromatic heterocycles. The second-order valence-corrected chi connectivity index (χ2v) is 5.70. The van der Waals surface area contributed by atoms with Gasteiger partial charge in [0, 0.05) is 11.8 Å². The number of carbonyl (C=O) groups excluding carboxylic acids is 3. The van der Waals surface area contributed by atoms with E-state index < -0.39 is 29.6 Å². The van der Waals surface area contributed by atoms with E-state index in [2.05, 4.69) is 5.32 Å². The lowest BCUT2D eigenvalue weighted by Gasteiger charge is -2.34. The number of urea groups is 1. The second kappa shape index (κ2) is 6.26. The third-order valence-corrected chi connectivity index (χ3v) is 4.06. The van der Waals surface area contributed by atoms with Crippen molar-refractivity contribution in [3.05, 3.63) is 35.6 Å². The fourth-order valence-corrected chi connectivity index (χ4v) is 2.90. The number of benzene rings is 1. The van der Waals surface area contributed by atoms with Gasteiger partial charge in [0.2, 0.25) is 11.8 Å². The van der Waals surface area contributed by atoms with Crippen molar-refractivity contribution in [1.82, 2.24) is 10.2 Å². The predicted octanol–water partition coefficient (Wildman–Crippen LogP) is 1.74. The molecule has 0 saturated carbocycles. The van der Waals surface area contributed by atoms with Crippen molar-refractivity contribution >= 4 is 29.6 Å². The molecule has 1 saturated heterocycles. The van der Waals surface area contributed by atoms with Crippen molar-refractivity contribution in [1.29, 1.82) is 0 Å². The van der Waals surface area contributed by atoms with Gasteiger partial charge in [0.1, 0.15) is 11.7 Å². The zero-order valence-electron chi connectivity index (χ0n) is 11.6. The van der Waals surface area contributed by atoms with E-state index in [4.69, 9.17) is 0 Å². The molecule has 0 radical (unpaired) electrons. The van der Waals surface area contributed by atoms with Gasteiger partial charge < -0.3 is 0 Å². The summed E-state index contributed by atoms with van der Waals surface area (Å²) in [5, 5.41) is 2.19. The van der Waals surface area contributed by atoms with Gasteiger partial charge in [0.05, 0.1) is 0 Å². The highest BCUT2D eigenvalue weighted by atomic mass is 32.2. The molecule has 21 heavy (non-hydrogen) atoms. The Bertz CT molecular complexity index is 576. The van der Waals surface area contributed by atoms with Crippen LogP contribution in [0.5, 0.6) is 0 Å². The van der Waals surface area contributed by atoms with Crippen LogP contribution in [0, 0.1) is 5.82 Å². The van der Waals surface area contributed by atoms with Crippen LogP contribution < -0.4 is 5.32 Å². The number of imide groups is 2. The minimum absolute atomic E-state index is 0.330. The van der Waals surface area contributed by atoms with Crippen molar-refractivity contribution in [3.8, 4) is 0 Å². The lowest BCUT2D eigenvalue weighted by Crippen LogP contribution is -2.59. The summed E-state index contributed by atoms with van der Waals surface area (Å²) in [7, 11) is 0. The van der Waals surface area contributed by atoms with Gasteiger partial charge in [0.25, 0.3) is 0 Å². The maximum absolute atomic E-state index is 13.0. The smallest absolute Gasteiger partial charge is 0.277 e. The Morgan fingerprint density at radius 1 is 1.29 bits per heavy atom. The lowest BCUT2D eigenvalue weighted by molar-refractivity contribution is -0.139. The Labute approximate surface area is 125 Å². The Hall–Kier alpha value is -1.89. The van der Waals surface area contributed by atoms with Gasteiger partial charge in [-0.25, -0.2) is 9.18 Å². The Morgan fingerprint density at radius 2 is 1.90 bits per heavy atom. The molecule has 0 spiro atoms. The zero-order chi connectivity index (χ0) is 15.6. The van der Waals surface area contributed by atoms with E-state index in [1.807, 2.05) is 6.26 Å². The summed E-state index contributed by atoms with van der Waals surface area (Å²) in [6, 6.07) is 4.09. The fourth-order valence-electron chi connectivity index (χ4n) is 2.27. The van der Waals surface area contributed by atoms with Crippen molar-refractivity contribution in [2.24, 2.45) is 0 Å². The summed E-state index contributed by atoms with van der Waals surface area (Å²) in [6.07, 6.45) is 1.87. The van der Waals surface area contributed by atoms with E-state index in [9.17, 15) is 18.8 Å². The molecule has 1 fully saturated rings. The van der Waals surface area contributed by atoms with Crippen LogP contribution in [0.2, 0.25) is 0 Å². The minimum Gasteiger partial charge on any atom is -0.277 e. The molecule has 1 aromatic carbocycles. The van der Waals surface area contributed by atoms with Gasteiger partial charge in [-0.3, -0.25) is 19.8 Å². The van der Waals surface area contributed by atoms with E-state index in [0.29, 0.717) is 11.3 Å². The van der Waals surface area contributed by atoms with Gasteiger partial charge >= 0.3 is 6.03 Å². The number of halogens is 1. The number of thioether (sulfide) groups is 1. The molecule has 2 rings (SSSR count). The maximum atomic E-state index is 13.0. The summed E-state index contributed by atoms with van der Waals surface area (Å²) in [6.45, 7) is 1.74. The van der Waals surface area contributed by atoms with Crippen LogP contribution in [-0.4, -0.2) is 40.8 Å². The highest BCUT2D eigenvalue weighted by Gasteiger charge is 2.43. The first-order valence-corrected chi connectivity index (χ1v) is 7.77. The van der Waals surface area contributed by atoms with Crippen molar-refractivity contribution in [3.63, 3.8) is 0 Å². The van der Waals surface area contributed by atoms with Gasteiger partial charge in [-0.1, -0.05) is 12.1 Å². The molecule has 1 aliphatic heterocycles. The number of hydrogen-bond donors (Lipinski definition) is 1.